The lowest BCUT2D eigenvalue weighted by Gasteiger charge is -1.97. The quantitative estimate of drug-likeness (QED) is 0.817. The van der Waals surface area contributed by atoms with Crippen molar-refractivity contribution >= 4 is 17.4 Å². The highest BCUT2D eigenvalue weighted by molar-refractivity contribution is 7.98. The number of nitrogens with zero attached hydrogens (tertiary/aromatic N) is 3. The minimum atomic E-state index is 0.625. The molecule has 0 atom stereocenters. The van der Waals surface area contributed by atoms with Gasteiger partial charge in [0.15, 0.2) is 0 Å². The monoisotopic (exact) mass is 236 g/mol. The Labute approximate surface area is 97.5 Å². The topological polar surface area (TPSA) is 77.8 Å². The van der Waals surface area contributed by atoms with Gasteiger partial charge in [-0.25, -0.2) is 4.98 Å². The van der Waals surface area contributed by atoms with E-state index in [1.54, 1.807) is 18.0 Å². The van der Waals surface area contributed by atoms with Crippen LogP contribution in [0, 0.1) is 0 Å². The molecule has 0 aliphatic rings. The van der Waals surface area contributed by atoms with Crippen molar-refractivity contribution in [2.75, 3.05) is 5.73 Å². The van der Waals surface area contributed by atoms with E-state index in [0.717, 1.165) is 11.4 Å². The third kappa shape index (κ3) is 2.73. The summed E-state index contributed by atoms with van der Waals surface area (Å²) >= 11 is 1.54. The lowest BCUT2D eigenvalue weighted by molar-refractivity contribution is 0.470. The van der Waals surface area contributed by atoms with Gasteiger partial charge in [0.2, 0.25) is 11.8 Å². The van der Waals surface area contributed by atoms with E-state index >= 15 is 0 Å². The Balaban J connectivity index is 1.94. The van der Waals surface area contributed by atoms with Crippen LogP contribution in [0.5, 0.6) is 0 Å². The summed E-state index contributed by atoms with van der Waals surface area (Å²) in [7, 11) is 0. The van der Waals surface area contributed by atoms with Crippen LogP contribution in [0.1, 0.15) is 18.7 Å². The predicted octanol–water partition coefficient (Wildman–Crippen LogP) is 1.90. The Morgan fingerprint density at radius 1 is 1.31 bits per heavy atom. The molecule has 0 saturated carbocycles. The third-order valence-corrected chi connectivity index (χ3v) is 2.84. The Morgan fingerprint density at radius 3 is 2.75 bits per heavy atom. The van der Waals surface area contributed by atoms with Gasteiger partial charge in [-0.1, -0.05) is 18.7 Å². The fraction of sp³-hybridized carbons (Fsp3) is 0.300. The van der Waals surface area contributed by atoms with Gasteiger partial charge >= 0.3 is 0 Å². The lowest BCUT2D eigenvalue weighted by atomic mass is 10.4. The fourth-order valence-corrected chi connectivity index (χ4v) is 1.78. The van der Waals surface area contributed by atoms with Crippen LogP contribution in [0.15, 0.2) is 27.8 Å². The van der Waals surface area contributed by atoms with Crippen molar-refractivity contribution in [3.8, 4) is 0 Å². The van der Waals surface area contributed by atoms with Crippen LogP contribution in [0.25, 0.3) is 0 Å². The first-order valence-electron chi connectivity index (χ1n) is 4.93. The molecule has 0 saturated heterocycles. The summed E-state index contributed by atoms with van der Waals surface area (Å²) in [4.78, 5) is 4.17. The molecule has 84 valence electrons. The summed E-state index contributed by atoms with van der Waals surface area (Å²) in [5.74, 6) is 1.92. The Kier molecular flexibility index (Phi) is 3.40. The Morgan fingerprint density at radius 2 is 2.12 bits per heavy atom. The predicted molar refractivity (Wildman–Crippen MR) is 61.9 cm³/mol. The average Bonchev–Trinajstić information content (AvgIpc) is 2.76. The van der Waals surface area contributed by atoms with Gasteiger partial charge in [-0.15, -0.1) is 10.2 Å². The van der Waals surface area contributed by atoms with Crippen molar-refractivity contribution < 1.29 is 4.42 Å². The van der Waals surface area contributed by atoms with Crippen molar-refractivity contribution in [1.82, 2.24) is 15.2 Å². The summed E-state index contributed by atoms with van der Waals surface area (Å²) in [6.07, 6.45) is 2.39. The van der Waals surface area contributed by atoms with E-state index in [2.05, 4.69) is 15.2 Å². The van der Waals surface area contributed by atoms with E-state index in [0.29, 0.717) is 23.2 Å². The van der Waals surface area contributed by atoms with Gasteiger partial charge in [-0.3, -0.25) is 0 Å². The maximum absolute atomic E-state index is 5.54. The molecule has 0 aromatic carbocycles. The number of pyridine rings is 1. The first kappa shape index (κ1) is 10.9. The molecule has 5 nitrogen and oxygen atoms in total. The largest absolute Gasteiger partial charge is 0.424 e. The summed E-state index contributed by atoms with van der Waals surface area (Å²) < 4.78 is 5.38. The number of aryl methyl sites for hydroxylation is 1. The molecule has 2 N–H and O–H groups in total. The van der Waals surface area contributed by atoms with Gasteiger partial charge < -0.3 is 10.2 Å². The Hall–Kier alpha value is -1.56. The number of rotatable bonds is 4. The molecule has 0 bridgehead atoms. The number of hydrogen-bond acceptors (Lipinski definition) is 6. The standard InChI is InChI=1S/C10H12N4OS/c1-2-8-13-14-9(15-8)6-16-10-4-3-7(11)5-12-10/h3-5H,2,6,11H2,1H3. The van der Waals surface area contributed by atoms with Crippen molar-refractivity contribution in [2.45, 2.75) is 24.1 Å². The van der Waals surface area contributed by atoms with Crippen LogP contribution < -0.4 is 5.73 Å². The molecule has 0 amide bonds. The smallest absolute Gasteiger partial charge is 0.226 e. The van der Waals surface area contributed by atoms with Crippen molar-refractivity contribution in [2.24, 2.45) is 0 Å². The van der Waals surface area contributed by atoms with Gasteiger partial charge in [-0.2, -0.15) is 0 Å². The molecule has 0 aliphatic carbocycles. The second kappa shape index (κ2) is 4.98. The molecule has 16 heavy (non-hydrogen) atoms. The zero-order chi connectivity index (χ0) is 11.4. The number of anilines is 1. The maximum atomic E-state index is 5.54. The number of thioether (sulfide) groups is 1. The summed E-state index contributed by atoms with van der Waals surface area (Å²) in [5.41, 5.74) is 6.21. The molecular weight excluding hydrogens is 224 g/mol. The van der Waals surface area contributed by atoms with Gasteiger partial charge in [0, 0.05) is 6.42 Å². The van der Waals surface area contributed by atoms with E-state index < -0.39 is 0 Å². The molecule has 0 unspecified atom stereocenters. The van der Waals surface area contributed by atoms with Crippen LogP contribution in [0.2, 0.25) is 0 Å². The van der Waals surface area contributed by atoms with Crippen LogP contribution in [-0.4, -0.2) is 15.2 Å². The van der Waals surface area contributed by atoms with E-state index in [9.17, 15) is 0 Å². The van der Waals surface area contributed by atoms with Gasteiger partial charge in [0.1, 0.15) is 0 Å². The zero-order valence-electron chi connectivity index (χ0n) is 8.88. The molecule has 2 aromatic rings. The lowest BCUT2D eigenvalue weighted by Crippen LogP contribution is -1.87. The van der Waals surface area contributed by atoms with Crippen LogP contribution in [-0.2, 0) is 12.2 Å². The van der Waals surface area contributed by atoms with Crippen molar-refractivity contribution in [1.29, 1.82) is 0 Å². The molecule has 2 heterocycles. The molecule has 0 fully saturated rings. The normalized spacial score (nSPS) is 10.6. The minimum Gasteiger partial charge on any atom is -0.424 e. The van der Waals surface area contributed by atoms with E-state index in [1.165, 1.54) is 0 Å². The van der Waals surface area contributed by atoms with Crippen LogP contribution in [0.3, 0.4) is 0 Å². The van der Waals surface area contributed by atoms with Crippen molar-refractivity contribution in [3.63, 3.8) is 0 Å². The zero-order valence-corrected chi connectivity index (χ0v) is 9.70. The Bertz CT molecular complexity index is 454. The highest BCUT2D eigenvalue weighted by Crippen LogP contribution is 2.20. The third-order valence-electron chi connectivity index (χ3n) is 1.91. The molecule has 0 spiro atoms. The molecule has 0 aliphatic heterocycles. The van der Waals surface area contributed by atoms with Gasteiger partial charge in [0.05, 0.1) is 22.7 Å². The molecular formula is C10H12N4OS. The van der Waals surface area contributed by atoms with E-state index in [4.69, 9.17) is 10.2 Å². The fourth-order valence-electron chi connectivity index (χ4n) is 1.10. The first-order valence-corrected chi connectivity index (χ1v) is 5.92. The molecule has 6 heteroatoms. The van der Waals surface area contributed by atoms with Gasteiger partial charge in [-0.05, 0) is 12.1 Å². The molecule has 2 aromatic heterocycles. The van der Waals surface area contributed by atoms with E-state index in [-0.39, 0.29) is 0 Å². The van der Waals surface area contributed by atoms with E-state index in [1.807, 2.05) is 19.1 Å². The highest BCUT2D eigenvalue weighted by atomic mass is 32.2. The number of nitrogens with two attached hydrogens (primary N) is 1. The summed E-state index contributed by atoms with van der Waals surface area (Å²) in [6, 6.07) is 3.69. The minimum absolute atomic E-state index is 0.625. The highest BCUT2D eigenvalue weighted by Gasteiger charge is 2.05. The maximum Gasteiger partial charge on any atom is 0.226 e. The van der Waals surface area contributed by atoms with Crippen molar-refractivity contribution in [3.05, 3.63) is 30.1 Å². The second-order valence-corrected chi connectivity index (χ2v) is 4.16. The van der Waals surface area contributed by atoms with Crippen LogP contribution in [0.4, 0.5) is 5.69 Å². The molecule has 0 radical (unpaired) electrons. The summed E-state index contributed by atoms with van der Waals surface area (Å²) in [5, 5.41) is 8.71. The average molecular weight is 236 g/mol. The first-order chi connectivity index (χ1) is 7.78. The van der Waals surface area contributed by atoms with Crippen LogP contribution >= 0.6 is 11.8 Å². The molecule has 2 rings (SSSR count). The number of aromatic nitrogens is 3. The second-order valence-electron chi connectivity index (χ2n) is 3.16. The van der Waals surface area contributed by atoms with Gasteiger partial charge in [0.25, 0.3) is 0 Å². The number of hydrogen-bond donors (Lipinski definition) is 1. The number of nitrogen functional groups attached to an aromatic ring is 1. The SMILES string of the molecule is CCc1nnc(CSc2ccc(N)cn2)o1. The summed E-state index contributed by atoms with van der Waals surface area (Å²) in [6.45, 7) is 1.98.